The van der Waals surface area contributed by atoms with E-state index in [-0.39, 0.29) is 6.61 Å². The van der Waals surface area contributed by atoms with E-state index in [9.17, 15) is 5.11 Å². The van der Waals surface area contributed by atoms with Gasteiger partial charge in [-0.15, -0.1) is 0 Å². The van der Waals surface area contributed by atoms with E-state index in [4.69, 9.17) is 9.47 Å². The molecule has 1 aliphatic rings. The van der Waals surface area contributed by atoms with E-state index < -0.39 is 0 Å². The Morgan fingerprint density at radius 2 is 2.16 bits per heavy atom. The summed E-state index contributed by atoms with van der Waals surface area (Å²) in [6.45, 7) is 2.82. The highest BCUT2D eigenvalue weighted by Crippen LogP contribution is 2.19. The molecule has 0 saturated carbocycles. The number of hydrogen-bond acceptors (Lipinski definition) is 4. The molecule has 1 aromatic carbocycles. The van der Waals surface area contributed by atoms with Crippen molar-refractivity contribution >= 4 is 0 Å². The number of nitrogens with zero attached hydrogens (tertiary/aromatic N) is 1. The largest absolute Gasteiger partial charge is 0.497 e. The number of methoxy groups -OCH3 is 1. The average molecular weight is 265 g/mol. The van der Waals surface area contributed by atoms with Gasteiger partial charge in [-0.3, -0.25) is 4.90 Å². The van der Waals surface area contributed by atoms with Crippen molar-refractivity contribution in [3.63, 3.8) is 0 Å². The maximum Gasteiger partial charge on any atom is 0.123 e. The van der Waals surface area contributed by atoms with Crippen LogP contribution in [0.25, 0.3) is 0 Å². The molecule has 0 unspecified atom stereocenters. The summed E-state index contributed by atoms with van der Waals surface area (Å²) in [4.78, 5) is 2.32. The first kappa shape index (κ1) is 14.2. The molecule has 0 radical (unpaired) electrons. The molecule has 1 N–H and O–H groups in total. The van der Waals surface area contributed by atoms with Crippen LogP contribution in [-0.2, 0) is 0 Å². The lowest BCUT2D eigenvalue weighted by atomic mass is 10.0. The second-order valence-corrected chi connectivity index (χ2v) is 4.90. The minimum atomic E-state index is 0.249. The van der Waals surface area contributed by atoms with Crippen molar-refractivity contribution in [2.45, 2.75) is 25.3 Å². The normalized spacial score (nSPS) is 20.2. The molecule has 1 aliphatic heterocycles. The van der Waals surface area contributed by atoms with Gasteiger partial charge in [0.15, 0.2) is 0 Å². The number of hydrogen-bond donors (Lipinski definition) is 1. The Kier molecular flexibility index (Phi) is 5.48. The van der Waals surface area contributed by atoms with E-state index in [2.05, 4.69) is 4.90 Å². The summed E-state index contributed by atoms with van der Waals surface area (Å²) < 4.78 is 10.9. The number of aliphatic hydroxyl groups is 1. The highest BCUT2D eigenvalue weighted by Gasteiger charge is 2.20. The SMILES string of the molecule is COc1cccc(OCCN2CCCC[C@@H]2CO)c1. The van der Waals surface area contributed by atoms with Gasteiger partial charge in [0.1, 0.15) is 18.1 Å². The van der Waals surface area contributed by atoms with Crippen molar-refractivity contribution < 1.29 is 14.6 Å². The minimum absolute atomic E-state index is 0.249. The van der Waals surface area contributed by atoms with Gasteiger partial charge in [0.25, 0.3) is 0 Å². The van der Waals surface area contributed by atoms with E-state index in [0.29, 0.717) is 12.6 Å². The lowest BCUT2D eigenvalue weighted by Crippen LogP contribution is -2.43. The molecule has 1 heterocycles. The molecule has 0 bridgehead atoms. The fraction of sp³-hybridized carbons (Fsp3) is 0.600. The number of ether oxygens (including phenoxy) is 2. The lowest BCUT2D eigenvalue weighted by Gasteiger charge is -2.34. The zero-order valence-corrected chi connectivity index (χ0v) is 11.5. The Morgan fingerprint density at radius 3 is 2.95 bits per heavy atom. The fourth-order valence-electron chi connectivity index (χ4n) is 2.53. The van der Waals surface area contributed by atoms with Crippen LogP contribution in [0.2, 0.25) is 0 Å². The van der Waals surface area contributed by atoms with Gasteiger partial charge in [-0.25, -0.2) is 0 Å². The summed E-state index contributed by atoms with van der Waals surface area (Å²) in [5, 5.41) is 9.35. The van der Waals surface area contributed by atoms with Crippen molar-refractivity contribution in [3.8, 4) is 11.5 Å². The smallest absolute Gasteiger partial charge is 0.123 e. The molecule has 1 saturated heterocycles. The number of rotatable bonds is 6. The van der Waals surface area contributed by atoms with Gasteiger partial charge in [0.05, 0.1) is 13.7 Å². The molecule has 0 aliphatic carbocycles. The van der Waals surface area contributed by atoms with Gasteiger partial charge in [0, 0.05) is 18.7 Å². The standard InChI is InChI=1S/C15H23NO3/c1-18-14-6-4-7-15(11-14)19-10-9-16-8-3-2-5-13(16)12-17/h4,6-7,11,13,17H,2-3,5,8-10,12H2,1H3/t13-/m1/s1. The van der Waals surface area contributed by atoms with Gasteiger partial charge in [-0.2, -0.15) is 0 Å². The lowest BCUT2D eigenvalue weighted by molar-refractivity contribution is 0.0773. The van der Waals surface area contributed by atoms with E-state index >= 15 is 0 Å². The quantitative estimate of drug-likeness (QED) is 0.853. The van der Waals surface area contributed by atoms with E-state index in [1.54, 1.807) is 7.11 Å². The zero-order chi connectivity index (χ0) is 13.5. The highest BCUT2D eigenvalue weighted by molar-refractivity contribution is 5.32. The summed E-state index contributed by atoms with van der Waals surface area (Å²) in [7, 11) is 1.65. The van der Waals surface area contributed by atoms with E-state index in [0.717, 1.165) is 31.0 Å². The maximum absolute atomic E-state index is 9.35. The molecule has 0 aromatic heterocycles. The number of piperidine rings is 1. The van der Waals surface area contributed by atoms with Crippen LogP contribution in [0, 0.1) is 0 Å². The molecule has 1 aromatic rings. The van der Waals surface area contributed by atoms with Crippen molar-refractivity contribution in [1.29, 1.82) is 0 Å². The number of likely N-dealkylation sites (tertiary alicyclic amines) is 1. The Hall–Kier alpha value is -1.26. The summed E-state index contributed by atoms with van der Waals surface area (Å²) in [5.41, 5.74) is 0. The third kappa shape index (κ3) is 4.11. The second kappa shape index (κ2) is 7.36. The Bertz CT molecular complexity index is 383. The van der Waals surface area contributed by atoms with Gasteiger partial charge < -0.3 is 14.6 Å². The van der Waals surface area contributed by atoms with Gasteiger partial charge in [-0.1, -0.05) is 12.5 Å². The molecule has 1 fully saturated rings. The van der Waals surface area contributed by atoms with Crippen LogP contribution in [0.5, 0.6) is 11.5 Å². The molecular formula is C15H23NO3. The van der Waals surface area contributed by atoms with Crippen molar-refractivity contribution in [3.05, 3.63) is 24.3 Å². The molecule has 4 nitrogen and oxygen atoms in total. The molecule has 4 heteroatoms. The summed E-state index contributed by atoms with van der Waals surface area (Å²) >= 11 is 0. The average Bonchev–Trinajstić information content (AvgIpc) is 2.48. The molecule has 106 valence electrons. The first-order chi connectivity index (χ1) is 9.33. The van der Waals surface area contributed by atoms with Crippen LogP contribution in [0.3, 0.4) is 0 Å². The van der Waals surface area contributed by atoms with Crippen LogP contribution in [0.4, 0.5) is 0 Å². The maximum atomic E-state index is 9.35. The number of aliphatic hydroxyl groups excluding tert-OH is 1. The Morgan fingerprint density at radius 1 is 1.32 bits per heavy atom. The molecule has 2 rings (SSSR count). The molecule has 1 atom stereocenters. The Balaban J connectivity index is 1.78. The summed E-state index contributed by atoms with van der Waals surface area (Å²) in [5.74, 6) is 1.64. The Labute approximate surface area is 114 Å². The highest BCUT2D eigenvalue weighted by atomic mass is 16.5. The van der Waals surface area contributed by atoms with E-state index in [1.165, 1.54) is 12.8 Å². The molecular weight excluding hydrogens is 242 g/mol. The molecule has 0 spiro atoms. The first-order valence-electron chi connectivity index (χ1n) is 6.95. The predicted molar refractivity (Wildman–Crippen MR) is 74.8 cm³/mol. The van der Waals surface area contributed by atoms with Crippen LogP contribution in [-0.4, -0.2) is 49.5 Å². The third-order valence-electron chi connectivity index (χ3n) is 3.65. The van der Waals surface area contributed by atoms with Crippen molar-refractivity contribution in [2.24, 2.45) is 0 Å². The molecule has 19 heavy (non-hydrogen) atoms. The third-order valence-corrected chi connectivity index (χ3v) is 3.65. The second-order valence-electron chi connectivity index (χ2n) is 4.90. The molecule has 0 amide bonds. The van der Waals surface area contributed by atoms with Crippen LogP contribution in [0.1, 0.15) is 19.3 Å². The summed E-state index contributed by atoms with van der Waals surface area (Å²) in [6.07, 6.45) is 3.53. The van der Waals surface area contributed by atoms with Gasteiger partial charge in [-0.05, 0) is 31.5 Å². The van der Waals surface area contributed by atoms with Gasteiger partial charge >= 0.3 is 0 Å². The number of benzene rings is 1. The first-order valence-corrected chi connectivity index (χ1v) is 6.95. The summed E-state index contributed by atoms with van der Waals surface area (Å²) in [6, 6.07) is 7.95. The van der Waals surface area contributed by atoms with Gasteiger partial charge in [0.2, 0.25) is 0 Å². The van der Waals surface area contributed by atoms with Crippen molar-refractivity contribution in [1.82, 2.24) is 4.90 Å². The van der Waals surface area contributed by atoms with Crippen molar-refractivity contribution in [2.75, 3.05) is 33.4 Å². The predicted octanol–water partition coefficient (Wildman–Crippen LogP) is 1.92. The fourth-order valence-corrected chi connectivity index (χ4v) is 2.53. The minimum Gasteiger partial charge on any atom is -0.497 e. The van der Waals surface area contributed by atoms with E-state index in [1.807, 2.05) is 24.3 Å². The van der Waals surface area contributed by atoms with Crippen LogP contribution >= 0.6 is 0 Å². The monoisotopic (exact) mass is 265 g/mol. The zero-order valence-electron chi connectivity index (χ0n) is 11.5. The van der Waals surface area contributed by atoms with Crippen LogP contribution < -0.4 is 9.47 Å². The topological polar surface area (TPSA) is 41.9 Å². The van der Waals surface area contributed by atoms with Crippen LogP contribution in [0.15, 0.2) is 24.3 Å².